The molecule has 238 valence electrons. The van der Waals surface area contributed by atoms with E-state index in [0.717, 1.165) is 11.4 Å². The van der Waals surface area contributed by atoms with Crippen molar-refractivity contribution in [1.29, 1.82) is 0 Å². The fourth-order valence-electron chi connectivity index (χ4n) is 8.46. The Morgan fingerprint density at radius 3 is 1.41 bits per heavy atom. The van der Waals surface area contributed by atoms with Crippen molar-refractivity contribution in [3.05, 3.63) is 188 Å². The van der Waals surface area contributed by atoms with Gasteiger partial charge in [-0.1, -0.05) is 127 Å². The van der Waals surface area contributed by atoms with E-state index in [9.17, 15) is 0 Å². The van der Waals surface area contributed by atoms with E-state index in [-0.39, 0.29) is 0 Å². The van der Waals surface area contributed by atoms with Gasteiger partial charge < -0.3 is 13.7 Å². The zero-order chi connectivity index (χ0) is 33.5. The van der Waals surface area contributed by atoms with Crippen LogP contribution in [0.15, 0.2) is 188 Å². The van der Waals surface area contributed by atoms with Gasteiger partial charge in [0.25, 0.3) is 0 Å². The fraction of sp³-hybridized carbons (Fsp3) is 0. The lowest BCUT2D eigenvalue weighted by Gasteiger charge is -2.15. The second-order valence-corrected chi connectivity index (χ2v) is 13.4. The van der Waals surface area contributed by atoms with E-state index in [4.69, 9.17) is 0 Å². The SMILES string of the molecule is c1ccc(-c2cccc(-n3c4ccccc4c4cc(-n5c6ccccc6c6cccc(-n7c8ccccc8c8ccccc87)c65)ccc43)c2)cc1. The number of nitrogens with zero attached hydrogens (tertiary/aromatic N) is 3. The number of fused-ring (bicyclic) bond motifs is 9. The number of para-hydroxylation sites is 5. The first-order chi connectivity index (χ1) is 25.3. The van der Waals surface area contributed by atoms with Gasteiger partial charge in [0.1, 0.15) is 0 Å². The third kappa shape index (κ3) is 4.06. The van der Waals surface area contributed by atoms with E-state index in [0.29, 0.717) is 0 Å². The molecule has 11 aromatic rings. The number of hydrogen-bond acceptors (Lipinski definition) is 0. The minimum Gasteiger partial charge on any atom is -0.309 e. The number of aromatic nitrogens is 3. The van der Waals surface area contributed by atoms with E-state index >= 15 is 0 Å². The number of hydrogen-bond donors (Lipinski definition) is 0. The Morgan fingerprint density at radius 1 is 0.255 bits per heavy atom. The van der Waals surface area contributed by atoms with Crippen LogP contribution in [0.2, 0.25) is 0 Å². The summed E-state index contributed by atoms with van der Waals surface area (Å²) in [5.41, 5.74) is 13.1. The van der Waals surface area contributed by atoms with Gasteiger partial charge in [-0.2, -0.15) is 0 Å². The van der Waals surface area contributed by atoms with Crippen LogP contribution in [0.3, 0.4) is 0 Å². The Balaban J connectivity index is 1.20. The second kappa shape index (κ2) is 10.8. The highest BCUT2D eigenvalue weighted by Crippen LogP contribution is 2.41. The molecule has 0 amide bonds. The van der Waals surface area contributed by atoms with Crippen molar-refractivity contribution in [2.75, 3.05) is 0 Å². The fourth-order valence-corrected chi connectivity index (χ4v) is 8.46. The maximum absolute atomic E-state index is 2.48. The van der Waals surface area contributed by atoms with Gasteiger partial charge in [-0.3, -0.25) is 0 Å². The molecule has 0 spiro atoms. The van der Waals surface area contributed by atoms with Crippen molar-refractivity contribution < 1.29 is 0 Å². The van der Waals surface area contributed by atoms with Crippen molar-refractivity contribution in [3.63, 3.8) is 0 Å². The maximum Gasteiger partial charge on any atom is 0.0782 e. The Hall–Kier alpha value is -6.84. The largest absolute Gasteiger partial charge is 0.309 e. The van der Waals surface area contributed by atoms with E-state index in [1.807, 2.05) is 0 Å². The maximum atomic E-state index is 2.48. The molecule has 0 fully saturated rings. The monoisotopic (exact) mass is 649 g/mol. The highest BCUT2D eigenvalue weighted by atomic mass is 15.1. The molecule has 0 aliphatic carbocycles. The van der Waals surface area contributed by atoms with Crippen LogP contribution in [0.1, 0.15) is 0 Å². The van der Waals surface area contributed by atoms with Gasteiger partial charge in [0.05, 0.1) is 38.8 Å². The Morgan fingerprint density at radius 2 is 0.725 bits per heavy atom. The van der Waals surface area contributed by atoms with Crippen LogP contribution < -0.4 is 0 Å². The van der Waals surface area contributed by atoms with Gasteiger partial charge >= 0.3 is 0 Å². The molecular formula is C48H31N3. The highest BCUT2D eigenvalue weighted by molar-refractivity contribution is 6.16. The first-order valence-electron chi connectivity index (χ1n) is 17.5. The summed E-state index contributed by atoms with van der Waals surface area (Å²) in [4.78, 5) is 0. The molecule has 0 saturated carbocycles. The van der Waals surface area contributed by atoms with E-state index < -0.39 is 0 Å². The molecule has 11 rings (SSSR count). The van der Waals surface area contributed by atoms with Crippen LogP contribution in [-0.2, 0) is 0 Å². The van der Waals surface area contributed by atoms with Crippen molar-refractivity contribution in [2.45, 2.75) is 0 Å². The Labute approximate surface area is 294 Å². The van der Waals surface area contributed by atoms with Gasteiger partial charge in [-0.25, -0.2) is 0 Å². The van der Waals surface area contributed by atoms with Crippen LogP contribution in [0.4, 0.5) is 0 Å². The summed E-state index contributed by atoms with van der Waals surface area (Å²) in [5.74, 6) is 0. The van der Waals surface area contributed by atoms with Crippen LogP contribution in [0.5, 0.6) is 0 Å². The van der Waals surface area contributed by atoms with Gasteiger partial charge in [0, 0.05) is 43.7 Å². The summed E-state index contributed by atoms with van der Waals surface area (Å²) in [6, 6.07) is 68.4. The van der Waals surface area contributed by atoms with E-state index in [1.54, 1.807) is 0 Å². The van der Waals surface area contributed by atoms with Crippen LogP contribution in [0.25, 0.3) is 93.6 Å². The summed E-state index contributed by atoms with van der Waals surface area (Å²) < 4.78 is 7.34. The summed E-state index contributed by atoms with van der Waals surface area (Å²) in [6.07, 6.45) is 0. The van der Waals surface area contributed by atoms with Crippen LogP contribution >= 0.6 is 0 Å². The molecule has 0 N–H and O–H groups in total. The average Bonchev–Trinajstić information content (AvgIpc) is 3.84. The molecule has 0 unspecified atom stereocenters. The highest BCUT2D eigenvalue weighted by Gasteiger charge is 2.21. The molecular weight excluding hydrogens is 619 g/mol. The van der Waals surface area contributed by atoms with Gasteiger partial charge in [-0.05, 0) is 71.8 Å². The van der Waals surface area contributed by atoms with Crippen molar-refractivity contribution in [3.8, 4) is 28.2 Å². The number of benzene rings is 8. The smallest absolute Gasteiger partial charge is 0.0782 e. The second-order valence-electron chi connectivity index (χ2n) is 13.4. The lowest BCUT2D eigenvalue weighted by Crippen LogP contribution is -2.01. The molecule has 0 radical (unpaired) electrons. The molecule has 3 aromatic heterocycles. The first-order valence-corrected chi connectivity index (χ1v) is 17.5. The topological polar surface area (TPSA) is 14.8 Å². The normalized spacial score (nSPS) is 11.9. The minimum atomic E-state index is 1.14. The Kier molecular flexibility index (Phi) is 5.96. The van der Waals surface area contributed by atoms with Crippen LogP contribution in [-0.4, -0.2) is 13.7 Å². The molecule has 3 heterocycles. The zero-order valence-corrected chi connectivity index (χ0v) is 27.7. The first kappa shape index (κ1) is 28.0. The molecule has 3 nitrogen and oxygen atoms in total. The van der Waals surface area contributed by atoms with Gasteiger partial charge in [0.2, 0.25) is 0 Å². The van der Waals surface area contributed by atoms with Crippen LogP contribution in [0, 0.1) is 0 Å². The zero-order valence-electron chi connectivity index (χ0n) is 27.7. The quantitative estimate of drug-likeness (QED) is 0.180. The number of rotatable bonds is 4. The molecule has 51 heavy (non-hydrogen) atoms. The van der Waals surface area contributed by atoms with Crippen molar-refractivity contribution in [2.24, 2.45) is 0 Å². The summed E-state index contributed by atoms with van der Waals surface area (Å²) >= 11 is 0. The van der Waals surface area contributed by atoms with Crippen molar-refractivity contribution >= 4 is 65.4 Å². The minimum absolute atomic E-state index is 1.14. The lowest BCUT2D eigenvalue weighted by molar-refractivity contribution is 1.13. The predicted octanol–water partition coefficient (Wildman–Crippen LogP) is 12.6. The third-order valence-corrected chi connectivity index (χ3v) is 10.6. The Bertz CT molecular complexity index is 3080. The standard InChI is InChI=1S/C48H31N3/c1-2-14-32(15-3-1)33-16-12-17-34(30-33)49-42-23-8-7-21-39(42)41-31-35(28-29-46(41)49)50-43-24-9-6-20-38(43)40-22-13-27-47(48(40)50)51-44-25-10-4-18-36(44)37-19-5-11-26-45(37)51/h1-31H. The molecule has 0 aliphatic rings. The molecule has 0 bridgehead atoms. The third-order valence-electron chi connectivity index (χ3n) is 10.6. The van der Waals surface area contributed by atoms with E-state index in [2.05, 4.69) is 202 Å². The lowest BCUT2D eigenvalue weighted by atomic mass is 10.1. The molecule has 3 heteroatoms. The summed E-state index contributed by atoms with van der Waals surface area (Å²) in [7, 11) is 0. The molecule has 8 aromatic carbocycles. The van der Waals surface area contributed by atoms with Gasteiger partial charge in [-0.15, -0.1) is 0 Å². The predicted molar refractivity (Wildman–Crippen MR) is 215 cm³/mol. The van der Waals surface area contributed by atoms with Gasteiger partial charge in [0.15, 0.2) is 0 Å². The van der Waals surface area contributed by atoms with E-state index in [1.165, 1.54) is 82.2 Å². The summed E-state index contributed by atoms with van der Waals surface area (Å²) in [5, 5.41) is 7.48. The van der Waals surface area contributed by atoms with Crippen molar-refractivity contribution in [1.82, 2.24) is 13.7 Å². The summed E-state index contributed by atoms with van der Waals surface area (Å²) in [6.45, 7) is 0. The molecule has 0 atom stereocenters. The molecule has 0 saturated heterocycles. The molecule has 0 aliphatic heterocycles. The average molecular weight is 650 g/mol.